The first kappa shape index (κ1) is 15.5. The fraction of sp³-hybridized carbons (Fsp3) is 0.438. The highest BCUT2D eigenvalue weighted by atomic mass is 16.5. The predicted molar refractivity (Wildman–Crippen MR) is 87.1 cm³/mol. The normalized spacial score (nSPS) is 18.6. The lowest BCUT2D eigenvalue weighted by atomic mass is 10.1. The fourth-order valence-corrected chi connectivity index (χ4v) is 2.67. The highest BCUT2D eigenvalue weighted by Crippen LogP contribution is 2.19. The van der Waals surface area contributed by atoms with Crippen molar-refractivity contribution in [3.8, 4) is 11.4 Å². The molecule has 1 aliphatic heterocycles. The van der Waals surface area contributed by atoms with Gasteiger partial charge in [0.1, 0.15) is 5.82 Å². The van der Waals surface area contributed by atoms with Gasteiger partial charge in [-0.3, -0.25) is 5.10 Å². The molecule has 1 fully saturated rings. The first-order valence-electron chi connectivity index (χ1n) is 7.80. The van der Waals surface area contributed by atoms with E-state index in [-0.39, 0.29) is 18.2 Å². The number of rotatable bonds is 4. The molecular weight excluding hydrogens is 294 g/mol. The van der Waals surface area contributed by atoms with Gasteiger partial charge in [0.15, 0.2) is 5.82 Å². The summed E-state index contributed by atoms with van der Waals surface area (Å²) >= 11 is 0. The molecule has 3 N–H and O–H groups in total. The van der Waals surface area contributed by atoms with Crippen molar-refractivity contribution in [2.75, 3.05) is 11.9 Å². The second kappa shape index (κ2) is 6.78. The smallest absolute Gasteiger partial charge is 0.319 e. The summed E-state index contributed by atoms with van der Waals surface area (Å²) in [6.07, 6.45) is 2.14. The molecule has 0 spiro atoms. The first-order chi connectivity index (χ1) is 11.1. The van der Waals surface area contributed by atoms with E-state index in [1.54, 1.807) is 0 Å². The summed E-state index contributed by atoms with van der Waals surface area (Å²) in [6, 6.07) is 7.19. The quantitative estimate of drug-likeness (QED) is 0.808. The Kier molecular flexibility index (Phi) is 4.57. The minimum atomic E-state index is -0.240. The minimum absolute atomic E-state index is 0.0173. The fourth-order valence-electron chi connectivity index (χ4n) is 2.67. The van der Waals surface area contributed by atoms with E-state index in [1.165, 1.54) is 0 Å². The van der Waals surface area contributed by atoms with Crippen molar-refractivity contribution in [1.29, 1.82) is 0 Å². The van der Waals surface area contributed by atoms with Crippen molar-refractivity contribution in [2.24, 2.45) is 0 Å². The van der Waals surface area contributed by atoms with E-state index in [2.05, 4.69) is 25.8 Å². The number of amides is 2. The maximum atomic E-state index is 12.1. The molecule has 2 heterocycles. The van der Waals surface area contributed by atoms with E-state index in [9.17, 15) is 4.79 Å². The molecule has 1 aromatic heterocycles. The van der Waals surface area contributed by atoms with E-state index < -0.39 is 0 Å². The third kappa shape index (κ3) is 3.87. The van der Waals surface area contributed by atoms with Gasteiger partial charge in [0.25, 0.3) is 0 Å². The van der Waals surface area contributed by atoms with E-state index in [0.717, 1.165) is 30.8 Å². The van der Waals surface area contributed by atoms with Gasteiger partial charge in [-0.05, 0) is 38.8 Å². The van der Waals surface area contributed by atoms with E-state index >= 15 is 0 Å². The molecule has 0 saturated carbocycles. The number of carbonyl (C=O) groups excluding carboxylic acids is 1. The van der Waals surface area contributed by atoms with Gasteiger partial charge < -0.3 is 15.4 Å². The maximum absolute atomic E-state index is 12.1. The summed E-state index contributed by atoms with van der Waals surface area (Å²) in [6.45, 7) is 4.58. The van der Waals surface area contributed by atoms with Gasteiger partial charge in [-0.1, -0.05) is 12.1 Å². The third-order valence-electron chi connectivity index (χ3n) is 3.86. The zero-order chi connectivity index (χ0) is 16.2. The molecule has 3 rings (SSSR count). The summed E-state index contributed by atoms with van der Waals surface area (Å²) in [5, 5.41) is 12.7. The number of nitrogens with one attached hydrogen (secondary N) is 3. The van der Waals surface area contributed by atoms with Crippen LogP contribution in [0.4, 0.5) is 10.5 Å². The summed E-state index contributed by atoms with van der Waals surface area (Å²) in [7, 11) is 0. The Labute approximate surface area is 134 Å². The summed E-state index contributed by atoms with van der Waals surface area (Å²) in [5.41, 5.74) is 1.54. The average Bonchev–Trinajstić information content (AvgIpc) is 3.18. The molecule has 0 aliphatic carbocycles. The zero-order valence-corrected chi connectivity index (χ0v) is 13.3. The van der Waals surface area contributed by atoms with Crippen LogP contribution >= 0.6 is 0 Å². The molecular formula is C16H21N5O2. The third-order valence-corrected chi connectivity index (χ3v) is 3.86. The molecule has 0 radical (unpaired) electrons. The van der Waals surface area contributed by atoms with Gasteiger partial charge in [-0.15, -0.1) is 0 Å². The van der Waals surface area contributed by atoms with Crippen molar-refractivity contribution in [3.63, 3.8) is 0 Å². The standard InChI is InChI=1S/C16H21N5O2/c1-10(14-7-4-8-23-14)17-16(22)19-13-6-3-5-12(9-13)15-18-11(2)20-21-15/h3,5-6,9-10,14H,4,7-8H2,1-2H3,(H2,17,19,22)(H,18,20,21)/t10-,14+/m0/s1. The largest absolute Gasteiger partial charge is 0.376 e. The Morgan fingerprint density at radius 1 is 1.48 bits per heavy atom. The van der Waals surface area contributed by atoms with Crippen LogP contribution in [-0.4, -0.2) is 40.0 Å². The Balaban J connectivity index is 1.62. The van der Waals surface area contributed by atoms with Crippen LogP contribution < -0.4 is 10.6 Å². The van der Waals surface area contributed by atoms with Gasteiger partial charge in [0.2, 0.25) is 0 Å². The lowest BCUT2D eigenvalue weighted by Crippen LogP contribution is -2.42. The molecule has 2 amide bonds. The number of hydrogen-bond acceptors (Lipinski definition) is 4. The van der Waals surface area contributed by atoms with Crippen LogP contribution in [0.2, 0.25) is 0 Å². The second-order valence-electron chi connectivity index (χ2n) is 5.76. The molecule has 0 unspecified atom stereocenters. The molecule has 122 valence electrons. The van der Waals surface area contributed by atoms with E-state index in [4.69, 9.17) is 4.74 Å². The number of aromatic nitrogens is 3. The number of hydrogen-bond donors (Lipinski definition) is 3. The number of urea groups is 1. The number of aryl methyl sites for hydroxylation is 1. The Hall–Kier alpha value is -2.41. The highest BCUT2D eigenvalue weighted by Gasteiger charge is 2.23. The molecule has 7 nitrogen and oxygen atoms in total. The van der Waals surface area contributed by atoms with E-state index in [0.29, 0.717) is 11.5 Å². The van der Waals surface area contributed by atoms with Crippen LogP contribution in [0, 0.1) is 6.92 Å². The molecule has 1 aromatic carbocycles. The maximum Gasteiger partial charge on any atom is 0.319 e. The number of benzene rings is 1. The lowest BCUT2D eigenvalue weighted by molar-refractivity contribution is 0.0868. The van der Waals surface area contributed by atoms with Crippen LogP contribution in [0.25, 0.3) is 11.4 Å². The van der Waals surface area contributed by atoms with Crippen molar-refractivity contribution >= 4 is 11.7 Å². The molecule has 23 heavy (non-hydrogen) atoms. The molecule has 2 aromatic rings. The molecule has 0 bridgehead atoms. The van der Waals surface area contributed by atoms with Gasteiger partial charge >= 0.3 is 6.03 Å². The summed E-state index contributed by atoms with van der Waals surface area (Å²) < 4.78 is 5.58. The van der Waals surface area contributed by atoms with Crippen LogP contribution in [0.5, 0.6) is 0 Å². The van der Waals surface area contributed by atoms with Crippen LogP contribution in [0.15, 0.2) is 24.3 Å². The molecule has 7 heteroatoms. The number of anilines is 1. The van der Waals surface area contributed by atoms with Crippen molar-refractivity contribution in [1.82, 2.24) is 20.5 Å². The molecule has 2 atom stereocenters. The zero-order valence-electron chi connectivity index (χ0n) is 13.3. The van der Waals surface area contributed by atoms with Gasteiger partial charge in [-0.25, -0.2) is 9.78 Å². The molecule has 1 saturated heterocycles. The monoisotopic (exact) mass is 315 g/mol. The first-order valence-corrected chi connectivity index (χ1v) is 7.80. The predicted octanol–water partition coefficient (Wildman–Crippen LogP) is 2.47. The number of aromatic amines is 1. The van der Waals surface area contributed by atoms with Crippen molar-refractivity contribution in [3.05, 3.63) is 30.1 Å². The number of H-pyrrole nitrogens is 1. The molecule has 1 aliphatic rings. The minimum Gasteiger partial charge on any atom is -0.376 e. The van der Waals surface area contributed by atoms with Gasteiger partial charge in [0, 0.05) is 17.9 Å². The SMILES string of the molecule is Cc1nc(-c2cccc(NC(=O)N[C@@H](C)[C@H]3CCCO3)c2)n[nH]1. The Bertz CT molecular complexity index is 679. The summed E-state index contributed by atoms with van der Waals surface area (Å²) in [5.74, 6) is 1.36. The van der Waals surface area contributed by atoms with Gasteiger partial charge in [0.05, 0.1) is 12.1 Å². The Morgan fingerprint density at radius 3 is 3.04 bits per heavy atom. The number of ether oxygens (including phenoxy) is 1. The van der Waals surface area contributed by atoms with Crippen LogP contribution in [-0.2, 0) is 4.74 Å². The van der Waals surface area contributed by atoms with E-state index in [1.807, 2.05) is 38.1 Å². The van der Waals surface area contributed by atoms with Crippen molar-refractivity contribution in [2.45, 2.75) is 38.8 Å². The topological polar surface area (TPSA) is 91.9 Å². The van der Waals surface area contributed by atoms with Crippen LogP contribution in [0.3, 0.4) is 0 Å². The lowest BCUT2D eigenvalue weighted by Gasteiger charge is -2.20. The van der Waals surface area contributed by atoms with Crippen molar-refractivity contribution < 1.29 is 9.53 Å². The summed E-state index contributed by atoms with van der Waals surface area (Å²) in [4.78, 5) is 16.4. The second-order valence-corrected chi connectivity index (χ2v) is 5.76. The number of carbonyl (C=O) groups is 1. The van der Waals surface area contributed by atoms with Crippen LogP contribution in [0.1, 0.15) is 25.6 Å². The van der Waals surface area contributed by atoms with Gasteiger partial charge in [-0.2, -0.15) is 5.10 Å². The Morgan fingerprint density at radius 2 is 2.35 bits per heavy atom. The highest BCUT2D eigenvalue weighted by molar-refractivity contribution is 5.90. The average molecular weight is 315 g/mol. The number of nitrogens with zero attached hydrogens (tertiary/aromatic N) is 2.